The Morgan fingerprint density at radius 3 is 2.31 bits per heavy atom. The zero-order valence-electron chi connectivity index (χ0n) is 8.62. The molecule has 3 atom stereocenters. The number of rotatable bonds is 3. The van der Waals surface area contributed by atoms with E-state index in [0.717, 1.165) is 12.8 Å². The van der Waals surface area contributed by atoms with Gasteiger partial charge in [0, 0.05) is 5.41 Å². The van der Waals surface area contributed by atoms with Crippen LogP contribution in [-0.4, -0.2) is 33.6 Å². The lowest BCUT2D eigenvalue weighted by molar-refractivity contribution is -0.164. The quantitative estimate of drug-likeness (QED) is 0.605. The van der Waals surface area contributed by atoms with Crippen molar-refractivity contribution >= 4 is 0 Å². The van der Waals surface area contributed by atoms with E-state index in [0.29, 0.717) is 0 Å². The first-order valence-electron chi connectivity index (χ1n) is 4.83. The van der Waals surface area contributed by atoms with Crippen molar-refractivity contribution in [2.45, 2.75) is 45.3 Å². The number of hydrogen-bond donors (Lipinski definition) is 3. The maximum atomic E-state index is 9.82. The van der Waals surface area contributed by atoms with Gasteiger partial charge in [0.2, 0.25) is 0 Å². The first-order valence-corrected chi connectivity index (χ1v) is 4.83. The lowest BCUT2D eigenvalue weighted by atomic mass is 9.53. The average Bonchev–Trinajstić information content (AvgIpc) is 1.96. The summed E-state index contributed by atoms with van der Waals surface area (Å²) in [6, 6.07) is 0. The lowest BCUT2D eigenvalue weighted by Gasteiger charge is -2.54. The third-order valence-corrected chi connectivity index (χ3v) is 3.55. The van der Waals surface area contributed by atoms with E-state index in [1.807, 2.05) is 6.92 Å². The van der Waals surface area contributed by atoms with Crippen LogP contribution in [0, 0.1) is 11.3 Å². The maximum Gasteiger partial charge on any atom is 0.0828 e. The summed E-state index contributed by atoms with van der Waals surface area (Å²) >= 11 is 0. The molecule has 1 rings (SSSR count). The molecule has 0 aromatic carbocycles. The first kappa shape index (κ1) is 11.0. The summed E-state index contributed by atoms with van der Waals surface area (Å²) in [4.78, 5) is 0. The van der Waals surface area contributed by atoms with E-state index in [9.17, 15) is 10.2 Å². The van der Waals surface area contributed by atoms with Gasteiger partial charge in [-0.1, -0.05) is 6.92 Å². The third-order valence-electron chi connectivity index (χ3n) is 3.55. The second-order valence-electron chi connectivity index (χ2n) is 4.95. The molecule has 78 valence electrons. The standard InChI is InChI=1S/C10H20O3/c1-9(2,13)7-4-5-10(7,3)8(12)6-11/h7-8,11-13H,4-6H2,1-3H3/t7-,8+,10-/m0/s1. The highest BCUT2D eigenvalue weighted by atomic mass is 16.3. The molecule has 0 saturated heterocycles. The van der Waals surface area contributed by atoms with Crippen molar-refractivity contribution in [1.29, 1.82) is 0 Å². The van der Waals surface area contributed by atoms with Crippen LogP contribution in [0.15, 0.2) is 0 Å². The van der Waals surface area contributed by atoms with Gasteiger partial charge in [-0.3, -0.25) is 0 Å². The van der Waals surface area contributed by atoms with Gasteiger partial charge in [0.05, 0.1) is 18.3 Å². The summed E-state index contributed by atoms with van der Waals surface area (Å²) in [5.41, 5.74) is -1.07. The zero-order chi connectivity index (χ0) is 10.3. The van der Waals surface area contributed by atoms with Crippen LogP contribution in [0.1, 0.15) is 33.6 Å². The number of aliphatic hydroxyl groups is 3. The minimum Gasteiger partial charge on any atom is -0.394 e. The first-order chi connectivity index (χ1) is 5.82. The summed E-state index contributed by atoms with van der Waals surface area (Å²) in [6.45, 7) is 5.24. The number of aliphatic hydroxyl groups excluding tert-OH is 2. The normalized spacial score (nSPS) is 36.9. The predicted octanol–water partition coefficient (Wildman–Crippen LogP) is 0.527. The van der Waals surface area contributed by atoms with Crippen LogP contribution in [0.4, 0.5) is 0 Å². The third kappa shape index (κ3) is 1.73. The molecule has 1 aliphatic carbocycles. The summed E-state index contributed by atoms with van der Waals surface area (Å²) in [7, 11) is 0. The molecule has 0 radical (unpaired) electrons. The SMILES string of the molecule is CC(C)(O)[C@@H]1CC[C@]1(C)[C@H](O)CO. The summed E-state index contributed by atoms with van der Waals surface area (Å²) < 4.78 is 0. The summed E-state index contributed by atoms with van der Waals surface area (Å²) in [6.07, 6.45) is 1.10. The topological polar surface area (TPSA) is 60.7 Å². The van der Waals surface area contributed by atoms with E-state index in [2.05, 4.69) is 0 Å². The van der Waals surface area contributed by atoms with E-state index < -0.39 is 11.7 Å². The Morgan fingerprint density at radius 2 is 2.08 bits per heavy atom. The van der Waals surface area contributed by atoms with Crippen molar-refractivity contribution in [2.24, 2.45) is 11.3 Å². The van der Waals surface area contributed by atoms with Crippen molar-refractivity contribution < 1.29 is 15.3 Å². The molecule has 1 fully saturated rings. The van der Waals surface area contributed by atoms with Crippen LogP contribution in [-0.2, 0) is 0 Å². The molecular weight excluding hydrogens is 168 g/mol. The van der Waals surface area contributed by atoms with Crippen LogP contribution in [0.25, 0.3) is 0 Å². The fourth-order valence-electron chi connectivity index (χ4n) is 2.51. The lowest BCUT2D eigenvalue weighted by Crippen LogP contribution is -2.56. The summed E-state index contributed by atoms with van der Waals surface area (Å²) in [5, 5.41) is 28.3. The molecule has 0 bridgehead atoms. The molecule has 0 aromatic rings. The van der Waals surface area contributed by atoms with Crippen LogP contribution in [0.5, 0.6) is 0 Å². The molecule has 0 spiro atoms. The molecule has 0 unspecified atom stereocenters. The van der Waals surface area contributed by atoms with Crippen molar-refractivity contribution in [3.8, 4) is 0 Å². The van der Waals surface area contributed by atoms with Crippen LogP contribution in [0.3, 0.4) is 0 Å². The van der Waals surface area contributed by atoms with Gasteiger partial charge in [0.15, 0.2) is 0 Å². The molecule has 0 heterocycles. The van der Waals surface area contributed by atoms with E-state index >= 15 is 0 Å². The van der Waals surface area contributed by atoms with E-state index in [-0.39, 0.29) is 17.9 Å². The van der Waals surface area contributed by atoms with E-state index in [1.54, 1.807) is 13.8 Å². The van der Waals surface area contributed by atoms with Crippen LogP contribution < -0.4 is 0 Å². The Kier molecular flexibility index (Phi) is 2.72. The van der Waals surface area contributed by atoms with Gasteiger partial charge < -0.3 is 15.3 Å². The highest BCUT2D eigenvalue weighted by Crippen LogP contribution is 2.53. The monoisotopic (exact) mass is 188 g/mol. The molecule has 0 aromatic heterocycles. The Hall–Kier alpha value is -0.120. The highest BCUT2D eigenvalue weighted by Gasteiger charge is 2.53. The molecule has 3 nitrogen and oxygen atoms in total. The van der Waals surface area contributed by atoms with Crippen molar-refractivity contribution in [3.63, 3.8) is 0 Å². The van der Waals surface area contributed by atoms with Gasteiger partial charge in [-0.2, -0.15) is 0 Å². The molecule has 3 N–H and O–H groups in total. The molecule has 3 heteroatoms. The second kappa shape index (κ2) is 3.23. The highest BCUT2D eigenvalue weighted by molar-refractivity contribution is 5.02. The minimum atomic E-state index is -0.761. The fourth-order valence-corrected chi connectivity index (χ4v) is 2.51. The van der Waals surface area contributed by atoms with Crippen LogP contribution >= 0.6 is 0 Å². The smallest absolute Gasteiger partial charge is 0.0828 e. The number of hydrogen-bond acceptors (Lipinski definition) is 3. The molecule has 0 amide bonds. The Bertz CT molecular complexity index is 185. The van der Waals surface area contributed by atoms with Gasteiger partial charge in [0.1, 0.15) is 0 Å². The zero-order valence-corrected chi connectivity index (χ0v) is 8.62. The van der Waals surface area contributed by atoms with Gasteiger partial charge in [0.25, 0.3) is 0 Å². The van der Waals surface area contributed by atoms with Crippen LogP contribution in [0.2, 0.25) is 0 Å². The molecule has 0 aliphatic heterocycles. The molecule has 1 saturated carbocycles. The Balaban J connectivity index is 2.71. The van der Waals surface area contributed by atoms with Gasteiger partial charge >= 0.3 is 0 Å². The van der Waals surface area contributed by atoms with Crippen molar-refractivity contribution in [2.75, 3.05) is 6.61 Å². The van der Waals surface area contributed by atoms with Gasteiger partial charge in [-0.05, 0) is 32.6 Å². The summed E-state index contributed by atoms with van der Waals surface area (Å²) in [5.74, 6) is 0.0853. The average molecular weight is 188 g/mol. The van der Waals surface area contributed by atoms with Crippen molar-refractivity contribution in [1.82, 2.24) is 0 Å². The second-order valence-corrected chi connectivity index (χ2v) is 4.95. The fraction of sp³-hybridized carbons (Fsp3) is 1.00. The van der Waals surface area contributed by atoms with E-state index in [4.69, 9.17) is 5.11 Å². The Labute approximate surface area is 79.4 Å². The van der Waals surface area contributed by atoms with Crippen molar-refractivity contribution in [3.05, 3.63) is 0 Å². The molecule has 1 aliphatic rings. The predicted molar refractivity (Wildman–Crippen MR) is 50.2 cm³/mol. The van der Waals surface area contributed by atoms with Gasteiger partial charge in [-0.15, -0.1) is 0 Å². The molecule has 13 heavy (non-hydrogen) atoms. The Morgan fingerprint density at radius 1 is 1.54 bits per heavy atom. The maximum absolute atomic E-state index is 9.82. The minimum absolute atomic E-state index is 0.0853. The van der Waals surface area contributed by atoms with Gasteiger partial charge in [-0.25, -0.2) is 0 Å². The molecular formula is C10H20O3. The largest absolute Gasteiger partial charge is 0.394 e. The van der Waals surface area contributed by atoms with E-state index in [1.165, 1.54) is 0 Å².